The molecule has 0 aliphatic rings. The van der Waals surface area contributed by atoms with Gasteiger partial charge in [0.2, 0.25) is 0 Å². The first-order chi connectivity index (χ1) is 8.76. The Balaban J connectivity index is 2.32. The summed E-state index contributed by atoms with van der Waals surface area (Å²) in [5, 5.41) is 4.88. The van der Waals surface area contributed by atoms with E-state index >= 15 is 0 Å². The first-order valence-electron chi connectivity index (χ1n) is 5.79. The van der Waals surface area contributed by atoms with E-state index in [2.05, 4.69) is 21.9 Å². The maximum Gasteiger partial charge on any atom is 0.0837 e. The number of benzene rings is 1. The molecular weight excluding hydrogens is 268 g/mol. The molecule has 0 spiro atoms. The number of nitrogens with two attached hydrogens (primary N) is 1. The van der Waals surface area contributed by atoms with Crippen LogP contribution in [-0.4, -0.2) is 9.59 Å². The summed E-state index contributed by atoms with van der Waals surface area (Å²) in [5.74, 6) is 5.67. The van der Waals surface area contributed by atoms with Crippen molar-refractivity contribution in [3.05, 3.63) is 45.4 Å². The third-order valence-corrected chi connectivity index (χ3v) is 3.79. The van der Waals surface area contributed by atoms with Crippen LogP contribution in [0.15, 0.2) is 24.3 Å². The van der Waals surface area contributed by atoms with Crippen LogP contribution in [0, 0.1) is 0 Å². The first kappa shape index (κ1) is 13.4. The molecule has 4 nitrogen and oxygen atoms in total. The second-order valence-corrected chi connectivity index (χ2v) is 5.21. The first-order valence-corrected chi connectivity index (χ1v) is 6.94. The van der Waals surface area contributed by atoms with Crippen molar-refractivity contribution in [1.82, 2.24) is 15.0 Å². The molecule has 1 atom stereocenters. The predicted molar refractivity (Wildman–Crippen MR) is 74.5 cm³/mol. The Bertz CT molecular complexity index is 497. The molecule has 18 heavy (non-hydrogen) atoms. The number of nitrogens with one attached hydrogen (secondary N) is 1. The summed E-state index contributed by atoms with van der Waals surface area (Å²) in [7, 11) is 0. The van der Waals surface area contributed by atoms with Gasteiger partial charge in [0.15, 0.2) is 0 Å². The van der Waals surface area contributed by atoms with Gasteiger partial charge in [-0.15, -0.1) is 5.10 Å². The van der Waals surface area contributed by atoms with Crippen molar-refractivity contribution in [1.29, 1.82) is 0 Å². The third-order valence-electron chi connectivity index (χ3n) is 2.70. The summed E-state index contributed by atoms with van der Waals surface area (Å²) >= 11 is 7.28. The Morgan fingerprint density at radius 1 is 1.39 bits per heavy atom. The predicted octanol–water partition coefficient (Wildman–Crippen LogP) is 2.70. The van der Waals surface area contributed by atoms with E-state index in [0.29, 0.717) is 5.02 Å². The highest BCUT2D eigenvalue weighted by atomic mass is 35.5. The topological polar surface area (TPSA) is 63.8 Å². The molecule has 1 unspecified atom stereocenters. The number of nitrogens with zero attached hydrogens (tertiary/aromatic N) is 2. The van der Waals surface area contributed by atoms with E-state index in [4.69, 9.17) is 17.4 Å². The van der Waals surface area contributed by atoms with E-state index in [1.165, 1.54) is 11.5 Å². The fourth-order valence-electron chi connectivity index (χ4n) is 1.82. The molecule has 2 aromatic rings. The molecule has 3 N–H and O–H groups in total. The third kappa shape index (κ3) is 2.87. The summed E-state index contributed by atoms with van der Waals surface area (Å²) in [5.41, 5.74) is 4.90. The zero-order valence-electron chi connectivity index (χ0n) is 10.1. The van der Waals surface area contributed by atoms with Crippen molar-refractivity contribution < 1.29 is 0 Å². The summed E-state index contributed by atoms with van der Waals surface area (Å²) in [4.78, 5) is 1.07. The second-order valence-electron chi connectivity index (χ2n) is 3.99. The number of aryl methyl sites for hydroxylation is 1. The minimum absolute atomic E-state index is 0.0798. The average molecular weight is 283 g/mol. The highest BCUT2D eigenvalue weighted by molar-refractivity contribution is 7.05. The lowest BCUT2D eigenvalue weighted by Gasteiger charge is -2.15. The Kier molecular flexibility index (Phi) is 4.66. The molecule has 0 amide bonds. The second kappa shape index (κ2) is 6.24. The van der Waals surface area contributed by atoms with Crippen molar-refractivity contribution in [3.63, 3.8) is 0 Å². The molecule has 0 aliphatic carbocycles. The monoisotopic (exact) mass is 282 g/mol. The molecule has 2 rings (SSSR count). The van der Waals surface area contributed by atoms with E-state index in [9.17, 15) is 0 Å². The fourth-order valence-corrected chi connectivity index (χ4v) is 2.73. The minimum atomic E-state index is -0.0798. The van der Waals surface area contributed by atoms with E-state index in [1.807, 2.05) is 24.3 Å². The van der Waals surface area contributed by atoms with Gasteiger partial charge >= 0.3 is 0 Å². The Morgan fingerprint density at radius 3 is 2.72 bits per heavy atom. The van der Waals surface area contributed by atoms with Crippen molar-refractivity contribution >= 4 is 23.1 Å². The number of halogens is 1. The van der Waals surface area contributed by atoms with E-state index in [-0.39, 0.29) is 6.04 Å². The van der Waals surface area contributed by atoms with Crippen LogP contribution in [0.25, 0.3) is 0 Å². The van der Waals surface area contributed by atoms with Gasteiger partial charge in [0.05, 0.1) is 16.6 Å². The highest BCUT2D eigenvalue weighted by Gasteiger charge is 2.19. The van der Waals surface area contributed by atoms with Crippen LogP contribution in [0.2, 0.25) is 5.02 Å². The van der Waals surface area contributed by atoms with Crippen molar-refractivity contribution in [2.24, 2.45) is 5.84 Å². The quantitative estimate of drug-likeness (QED) is 0.654. The van der Waals surface area contributed by atoms with Gasteiger partial charge in [0.25, 0.3) is 0 Å². The van der Waals surface area contributed by atoms with Crippen molar-refractivity contribution in [2.75, 3.05) is 0 Å². The average Bonchev–Trinajstić information content (AvgIpc) is 2.82. The van der Waals surface area contributed by atoms with Crippen LogP contribution < -0.4 is 11.3 Å². The molecule has 96 valence electrons. The maximum absolute atomic E-state index is 5.89. The summed E-state index contributed by atoms with van der Waals surface area (Å²) < 4.78 is 4.02. The molecule has 0 fully saturated rings. The molecule has 0 saturated carbocycles. The van der Waals surface area contributed by atoms with Gasteiger partial charge in [-0.1, -0.05) is 41.6 Å². The molecule has 1 aromatic carbocycles. The van der Waals surface area contributed by atoms with Crippen LogP contribution in [0.1, 0.15) is 35.5 Å². The SMILES string of the molecule is CCCc1nnsc1C(NN)c1ccc(Cl)cc1. The van der Waals surface area contributed by atoms with Gasteiger partial charge in [0.1, 0.15) is 0 Å². The Labute approximate surface area is 115 Å². The zero-order valence-corrected chi connectivity index (χ0v) is 11.6. The lowest BCUT2D eigenvalue weighted by atomic mass is 10.0. The molecule has 0 bridgehead atoms. The van der Waals surface area contributed by atoms with Crippen LogP contribution >= 0.6 is 23.1 Å². The molecule has 1 aromatic heterocycles. The smallest absolute Gasteiger partial charge is 0.0837 e. The summed E-state index contributed by atoms with van der Waals surface area (Å²) in [6, 6.07) is 7.55. The van der Waals surface area contributed by atoms with Crippen LogP contribution in [0.5, 0.6) is 0 Å². The Hall–Kier alpha value is -1.01. The van der Waals surface area contributed by atoms with Gasteiger partial charge in [-0.2, -0.15) is 0 Å². The van der Waals surface area contributed by atoms with Gasteiger partial charge < -0.3 is 0 Å². The van der Waals surface area contributed by atoms with Gasteiger partial charge in [-0.25, -0.2) is 5.43 Å². The fraction of sp³-hybridized carbons (Fsp3) is 0.333. The van der Waals surface area contributed by atoms with Gasteiger partial charge in [-0.05, 0) is 35.6 Å². The highest BCUT2D eigenvalue weighted by Crippen LogP contribution is 2.27. The van der Waals surface area contributed by atoms with E-state index < -0.39 is 0 Å². The minimum Gasteiger partial charge on any atom is -0.271 e. The Morgan fingerprint density at radius 2 is 2.11 bits per heavy atom. The molecule has 0 radical (unpaired) electrons. The standard InChI is InChI=1S/C12H15ClN4S/c1-2-3-10-12(18-17-16-10)11(15-14)8-4-6-9(13)7-5-8/h4-7,11,15H,2-3,14H2,1H3. The lowest BCUT2D eigenvalue weighted by molar-refractivity contribution is 0.636. The van der Waals surface area contributed by atoms with Gasteiger partial charge in [0, 0.05) is 5.02 Å². The molecule has 0 aliphatic heterocycles. The largest absolute Gasteiger partial charge is 0.271 e. The lowest BCUT2D eigenvalue weighted by Crippen LogP contribution is -2.28. The van der Waals surface area contributed by atoms with Crippen LogP contribution in [0.4, 0.5) is 0 Å². The van der Waals surface area contributed by atoms with Crippen molar-refractivity contribution in [2.45, 2.75) is 25.8 Å². The van der Waals surface area contributed by atoms with Crippen LogP contribution in [-0.2, 0) is 6.42 Å². The number of hydrogen-bond acceptors (Lipinski definition) is 5. The zero-order chi connectivity index (χ0) is 13.0. The van der Waals surface area contributed by atoms with E-state index in [0.717, 1.165) is 29.0 Å². The number of hydrogen-bond donors (Lipinski definition) is 2. The number of rotatable bonds is 5. The molecule has 0 saturated heterocycles. The number of aromatic nitrogens is 2. The number of hydrazine groups is 1. The van der Waals surface area contributed by atoms with Crippen LogP contribution in [0.3, 0.4) is 0 Å². The maximum atomic E-state index is 5.89. The normalized spacial score (nSPS) is 12.6. The molecular formula is C12H15ClN4S. The summed E-state index contributed by atoms with van der Waals surface area (Å²) in [6.07, 6.45) is 1.95. The van der Waals surface area contributed by atoms with Crippen molar-refractivity contribution in [3.8, 4) is 0 Å². The van der Waals surface area contributed by atoms with E-state index in [1.54, 1.807) is 0 Å². The summed E-state index contributed by atoms with van der Waals surface area (Å²) in [6.45, 7) is 2.12. The van der Waals surface area contributed by atoms with Gasteiger partial charge in [-0.3, -0.25) is 5.84 Å². The molecule has 6 heteroatoms. The molecule has 1 heterocycles.